The molecular weight excluding hydrogens is 218 g/mol. The minimum Gasteiger partial charge on any atom is -0.478 e. The summed E-state index contributed by atoms with van der Waals surface area (Å²) in [6, 6.07) is 0. The monoisotopic (exact) mass is 224 g/mol. The number of rotatable bonds is 2. The topological polar surface area (TPSA) is 74.6 Å². The zero-order chi connectivity index (χ0) is 6.57. The van der Waals surface area contributed by atoms with Gasteiger partial charge in [0.25, 0.3) is 0 Å². The predicted molar refractivity (Wildman–Crippen MR) is 46.2 cm³/mol. The fourth-order valence-electron chi connectivity index (χ4n) is 0.143. The van der Waals surface area contributed by atoms with Gasteiger partial charge in [0, 0.05) is 12.2 Å². The second kappa shape index (κ2) is 12.2. The Balaban J connectivity index is -0.0000000817. The highest BCUT2D eigenvalue weighted by molar-refractivity contribution is 5.89. The van der Waals surface area contributed by atoms with Crippen LogP contribution in [0.2, 0.25) is 0 Å². The first kappa shape index (κ1) is 22.4. The molecule has 0 bridgehead atoms. The summed E-state index contributed by atoms with van der Waals surface area (Å²) < 4.78 is 0. The standard InChI is InChI=1S/C4H4O4.3ClH/c5-3(6)1-2-4(7)8;;;/h1-2H,(H,5,6)(H,7,8);3*1H/b2-1+;;;. The third-order valence-electron chi connectivity index (χ3n) is 0.368. The minimum absolute atomic E-state index is 0. The normalized spacial score (nSPS) is 6.91. The summed E-state index contributed by atoms with van der Waals surface area (Å²) in [5.74, 6) is -2.51. The molecule has 0 amide bonds. The van der Waals surface area contributed by atoms with Crippen molar-refractivity contribution in [1.82, 2.24) is 0 Å². The Morgan fingerprint density at radius 3 is 1.09 bits per heavy atom. The van der Waals surface area contributed by atoms with Crippen LogP contribution in [-0.2, 0) is 9.59 Å². The fraction of sp³-hybridized carbons (Fsp3) is 0. The summed E-state index contributed by atoms with van der Waals surface area (Å²) in [4.78, 5) is 19.1. The van der Waals surface area contributed by atoms with Gasteiger partial charge in [-0.15, -0.1) is 37.2 Å². The molecule has 11 heavy (non-hydrogen) atoms. The highest BCUT2D eigenvalue weighted by Gasteiger charge is 1.88. The molecule has 0 aliphatic carbocycles. The van der Waals surface area contributed by atoms with Crippen molar-refractivity contribution in [2.24, 2.45) is 0 Å². The molecule has 0 atom stereocenters. The van der Waals surface area contributed by atoms with E-state index in [1.54, 1.807) is 0 Å². The van der Waals surface area contributed by atoms with Crippen molar-refractivity contribution in [2.75, 3.05) is 0 Å². The van der Waals surface area contributed by atoms with E-state index in [1.807, 2.05) is 0 Å². The molecule has 0 heterocycles. The summed E-state index contributed by atoms with van der Waals surface area (Å²) in [7, 11) is 0. The van der Waals surface area contributed by atoms with Crippen molar-refractivity contribution in [2.45, 2.75) is 0 Å². The van der Waals surface area contributed by atoms with Crippen LogP contribution in [-0.4, -0.2) is 22.2 Å². The van der Waals surface area contributed by atoms with Crippen LogP contribution in [0.3, 0.4) is 0 Å². The molecule has 0 spiro atoms. The van der Waals surface area contributed by atoms with Crippen LogP contribution in [0.15, 0.2) is 12.2 Å². The van der Waals surface area contributed by atoms with Gasteiger partial charge in [-0.3, -0.25) is 0 Å². The summed E-state index contributed by atoms with van der Waals surface area (Å²) >= 11 is 0. The van der Waals surface area contributed by atoms with Gasteiger partial charge in [-0.25, -0.2) is 9.59 Å². The maximum Gasteiger partial charge on any atom is 0.328 e. The fourth-order valence-corrected chi connectivity index (χ4v) is 0.143. The number of aliphatic carboxylic acids is 2. The van der Waals surface area contributed by atoms with Crippen LogP contribution in [0.25, 0.3) is 0 Å². The molecule has 0 fully saturated rings. The third kappa shape index (κ3) is 26.3. The van der Waals surface area contributed by atoms with Crippen molar-refractivity contribution < 1.29 is 19.8 Å². The van der Waals surface area contributed by atoms with Crippen LogP contribution >= 0.6 is 37.2 Å². The second-order valence-corrected chi connectivity index (χ2v) is 1.01. The average Bonchev–Trinajstić information content (AvgIpc) is 1.61. The maximum absolute atomic E-state index is 9.55. The molecule has 7 heteroatoms. The molecule has 0 aromatic heterocycles. The average molecular weight is 225 g/mol. The van der Waals surface area contributed by atoms with E-state index in [4.69, 9.17) is 10.2 Å². The second-order valence-electron chi connectivity index (χ2n) is 1.01. The molecule has 0 radical (unpaired) electrons. The molecule has 0 saturated heterocycles. The summed E-state index contributed by atoms with van der Waals surface area (Å²) in [5.41, 5.74) is 0. The van der Waals surface area contributed by atoms with Gasteiger partial charge in [0.15, 0.2) is 0 Å². The Morgan fingerprint density at radius 2 is 1.00 bits per heavy atom. The molecule has 0 unspecified atom stereocenters. The Kier molecular flexibility index (Phi) is 25.0. The van der Waals surface area contributed by atoms with Crippen LogP contribution in [0, 0.1) is 0 Å². The molecule has 0 aliphatic heterocycles. The molecule has 0 aromatic carbocycles. The van der Waals surface area contributed by atoms with E-state index in [0.29, 0.717) is 12.2 Å². The maximum atomic E-state index is 9.55. The molecule has 0 saturated carbocycles. The lowest BCUT2D eigenvalue weighted by molar-refractivity contribution is -0.134. The Morgan fingerprint density at radius 1 is 0.818 bits per heavy atom. The number of carboxylic acids is 2. The molecule has 0 rings (SSSR count). The summed E-state index contributed by atoms with van der Waals surface area (Å²) in [5, 5.41) is 15.6. The van der Waals surface area contributed by atoms with Gasteiger partial charge in [0.05, 0.1) is 0 Å². The van der Waals surface area contributed by atoms with Gasteiger partial charge >= 0.3 is 11.9 Å². The van der Waals surface area contributed by atoms with Crippen LogP contribution in [0.5, 0.6) is 0 Å². The molecule has 2 N–H and O–H groups in total. The summed E-state index contributed by atoms with van der Waals surface area (Å²) in [6.45, 7) is 0. The lowest BCUT2D eigenvalue weighted by Gasteiger charge is -1.74. The van der Waals surface area contributed by atoms with E-state index in [-0.39, 0.29) is 37.2 Å². The zero-order valence-corrected chi connectivity index (χ0v) is 7.54. The smallest absolute Gasteiger partial charge is 0.328 e. The van der Waals surface area contributed by atoms with Gasteiger partial charge in [0.2, 0.25) is 0 Å². The first-order chi connectivity index (χ1) is 3.63. The molecular formula is C4H7Cl3O4. The van der Waals surface area contributed by atoms with Gasteiger partial charge in [-0.1, -0.05) is 0 Å². The van der Waals surface area contributed by atoms with E-state index in [1.165, 1.54) is 0 Å². The van der Waals surface area contributed by atoms with Crippen molar-refractivity contribution in [3.63, 3.8) is 0 Å². The Hall–Kier alpha value is -0.450. The van der Waals surface area contributed by atoms with E-state index in [2.05, 4.69) is 0 Å². The SMILES string of the molecule is Cl.Cl.Cl.O=C(O)/C=C/C(=O)O. The highest BCUT2D eigenvalue weighted by atomic mass is 35.5. The van der Waals surface area contributed by atoms with Gasteiger partial charge < -0.3 is 10.2 Å². The first-order valence-corrected chi connectivity index (χ1v) is 1.77. The lowest BCUT2D eigenvalue weighted by atomic mass is 10.5. The van der Waals surface area contributed by atoms with Crippen LogP contribution in [0.4, 0.5) is 0 Å². The largest absolute Gasteiger partial charge is 0.478 e. The number of hydrogen-bond donors (Lipinski definition) is 2. The van der Waals surface area contributed by atoms with E-state index in [9.17, 15) is 9.59 Å². The number of halogens is 3. The van der Waals surface area contributed by atoms with Gasteiger partial charge in [-0.05, 0) is 0 Å². The predicted octanol–water partition coefficient (Wildman–Crippen LogP) is 0.977. The lowest BCUT2D eigenvalue weighted by Crippen LogP contribution is -1.91. The molecule has 0 aromatic rings. The van der Waals surface area contributed by atoms with Crippen LogP contribution in [0.1, 0.15) is 0 Å². The van der Waals surface area contributed by atoms with Crippen molar-refractivity contribution in [1.29, 1.82) is 0 Å². The minimum atomic E-state index is -1.26. The Labute approximate surface area is 81.5 Å². The number of hydrogen-bond acceptors (Lipinski definition) is 2. The Bertz CT molecular complexity index is 128. The molecule has 0 aliphatic rings. The van der Waals surface area contributed by atoms with Gasteiger partial charge in [-0.2, -0.15) is 0 Å². The number of carboxylic acid groups (broad SMARTS) is 2. The quantitative estimate of drug-likeness (QED) is 0.687. The van der Waals surface area contributed by atoms with Crippen LogP contribution < -0.4 is 0 Å². The van der Waals surface area contributed by atoms with E-state index in [0.717, 1.165) is 0 Å². The highest BCUT2D eigenvalue weighted by Crippen LogP contribution is 1.70. The van der Waals surface area contributed by atoms with E-state index >= 15 is 0 Å². The zero-order valence-electron chi connectivity index (χ0n) is 5.09. The van der Waals surface area contributed by atoms with Gasteiger partial charge in [0.1, 0.15) is 0 Å². The third-order valence-corrected chi connectivity index (χ3v) is 0.368. The van der Waals surface area contributed by atoms with E-state index < -0.39 is 11.9 Å². The molecule has 4 nitrogen and oxygen atoms in total. The summed E-state index contributed by atoms with van der Waals surface area (Å²) in [6.07, 6.45) is 1.12. The first-order valence-electron chi connectivity index (χ1n) is 1.77. The van der Waals surface area contributed by atoms with Crippen molar-refractivity contribution in [3.8, 4) is 0 Å². The molecule has 68 valence electrons. The van der Waals surface area contributed by atoms with Crippen molar-refractivity contribution >= 4 is 49.2 Å². The number of carbonyl (C=O) groups is 2. The van der Waals surface area contributed by atoms with Crippen molar-refractivity contribution in [3.05, 3.63) is 12.2 Å².